The summed E-state index contributed by atoms with van der Waals surface area (Å²) in [5.41, 5.74) is 5.82. The lowest BCUT2D eigenvalue weighted by Crippen LogP contribution is -2.20. The number of nitrogens with zero attached hydrogens (tertiary/aromatic N) is 2. The number of carbonyl (C=O) groups is 1. The molecule has 0 fully saturated rings. The number of carbonyl (C=O) groups excluding carboxylic acids is 1. The lowest BCUT2D eigenvalue weighted by atomic mass is 9.78. The van der Waals surface area contributed by atoms with E-state index in [1.807, 2.05) is 12.1 Å². The van der Waals surface area contributed by atoms with Crippen molar-refractivity contribution < 1.29 is 19.2 Å². The standard InChI is InChI=1S/C29H35N3O5/c1-18-8-11-21(24(14-18)32(35)36)25-12-10-20(37-25)17-30-31-26(33)13-9-19-15-22(28(2,3)4)27(34)23(16-19)29(5,6)7/h8,10-12,14-17,34H,9,13H2,1-7H3,(H,31,33)/b30-17-. The zero-order valence-electron chi connectivity index (χ0n) is 22.5. The number of nitrogens with one attached hydrogen (secondary N) is 1. The first-order valence-electron chi connectivity index (χ1n) is 12.2. The first kappa shape index (κ1) is 27.6. The van der Waals surface area contributed by atoms with E-state index in [1.54, 1.807) is 31.2 Å². The van der Waals surface area contributed by atoms with Crippen molar-refractivity contribution in [3.63, 3.8) is 0 Å². The fourth-order valence-corrected chi connectivity index (χ4v) is 4.03. The Balaban J connectivity index is 1.67. The number of rotatable bonds is 7. The summed E-state index contributed by atoms with van der Waals surface area (Å²) in [5, 5.41) is 26.2. The zero-order chi connectivity index (χ0) is 27.5. The number of hydrazone groups is 1. The Morgan fingerprint density at radius 3 is 2.24 bits per heavy atom. The Morgan fingerprint density at radius 2 is 1.68 bits per heavy atom. The van der Waals surface area contributed by atoms with Crippen LogP contribution >= 0.6 is 0 Å². The van der Waals surface area contributed by atoms with Gasteiger partial charge < -0.3 is 9.52 Å². The molecule has 1 heterocycles. The van der Waals surface area contributed by atoms with E-state index in [4.69, 9.17) is 4.42 Å². The maximum Gasteiger partial charge on any atom is 0.280 e. The number of nitro groups is 1. The molecule has 0 aliphatic rings. The molecule has 0 aliphatic heterocycles. The predicted octanol–water partition coefficient (Wildman–Crippen LogP) is 6.55. The summed E-state index contributed by atoms with van der Waals surface area (Å²) in [6.45, 7) is 14.1. The fourth-order valence-electron chi connectivity index (χ4n) is 4.03. The highest BCUT2D eigenvalue weighted by Gasteiger charge is 2.26. The highest BCUT2D eigenvalue weighted by atomic mass is 16.6. The van der Waals surface area contributed by atoms with Crippen molar-refractivity contribution in [2.45, 2.75) is 72.1 Å². The van der Waals surface area contributed by atoms with Gasteiger partial charge in [-0.1, -0.05) is 59.7 Å². The van der Waals surface area contributed by atoms with Gasteiger partial charge in [0.15, 0.2) is 0 Å². The van der Waals surface area contributed by atoms with Crippen LogP contribution in [0.1, 0.15) is 76.0 Å². The summed E-state index contributed by atoms with van der Waals surface area (Å²) < 4.78 is 5.68. The topological polar surface area (TPSA) is 118 Å². The van der Waals surface area contributed by atoms with E-state index in [1.165, 1.54) is 12.3 Å². The fraction of sp³-hybridized carbons (Fsp3) is 0.379. The van der Waals surface area contributed by atoms with Crippen molar-refractivity contribution in [2.75, 3.05) is 0 Å². The lowest BCUT2D eigenvalue weighted by molar-refractivity contribution is -0.384. The molecular weight excluding hydrogens is 470 g/mol. The average molecular weight is 506 g/mol. The van der Waals surface area contributed by atoms with Crippen LogP contribution < -0.4 is 5.43 Å². The number of phenols is 1. The SMILES string of the molecule is Cc1ccc(-c2ccc(/C=N\NC(=O)CCc3cc(C(C)(C)C)c(O)c(C(C)(C)C)c3)o2)c([N+](=O)[O-])c1. The minimum Gasteiger partial charge on any atom is -0.507 e. The van der Waals surface area contributed by atoms with E-state index in [2.05, 4.69) is 52.1 Å². The Hall–Kier alpha value is -3.94. The Kier molecular flexibility index (Phi) is 7.91. The molecule has 0 atom stereocenters. The van der Waals surface area contributed by atoms with Crippen molar-refractivity contribution in [3.05, 3.63) is 80.6 Å². The Bertz CT molecular complexity index is 1310. The molecular formula is C29H35N3O5. The predicted molar refractivity (Wildman–Crippen MR) is 145 cm³/mol. The second kappa shape index (κ2) is 10.6. The molecule has 0 spiro atoms. The van der Waals surface area contributed by atoms with Gasteiger partial charge in [-0.3, -0.25) is 14.9 Å². The molecule has 2 N–H and O–H groups in total. The monoisotopic (exact) mass is 505 g/mol. The molecule has 0 bridgehead atoms. The number of furan rings is 1. The van der Waals surface area contributed by atoms with E-state index < -0.39 is 4.92 Å². The Labute approximate surface area is 217 Å². The molecule has 0 saturated heterocycles. The van der Waals surface area contributed by atoms with E-state index in [0.717, 1.165) is 22.3 Å². The number of aryl methyl sites for hydroxylation is 2. The third-order valence-corrected chi connectivity index (χ3v) is 6.05. The van der Waals surface area contributed by atoms with E-state index in [-0.39, 0.29) is 28.8 Å². The van der Waals surface area contributed by atoms with E-state index in [9.17, 15) is 20.0 Å². The molecule has 3 aromatic rings. The molecule has 2 aromatic carbocycles. The number of nitro benzene ring substituents is 1. The normalized spacial score (nSPS) is 12.2. The van der Waals surface area contributed by atoms with Gasteiger partial charge in [0.05, 0.1) is 16.7 Å². The highest BCUT2D eigenvalue weighted by Crippen LogP contribution is 2.40. The van der Waals surface area contributed by atoms with Gasteiger partial charge in [0.25, 0.3) is 5.69 Å². The summed E-state index contributed by atoms with van der Waals surface area (Å²) in [6, 6.07) is 12.1. The first-order chi connectivity index (χ1) is 17.2. The molecule has 0 radical (unpaired) electrons. The van der Waals surface area contributed by atoms with Crippen LogP contribution in [0.15, 0.2) is 52.0 Å². The van der Waals surface area contributed by atoms with Crippen LogP contribution in [-0.4, -0.2) is 22.2 Å². The van der Waals surface area contributed by atoms with Crippen molar-refractivity contribution in [3.8, 4) is 17.1 Å². The van der Waals surface area contributed by atoms with Gasteiger partial charge in [-0.25, -0.2) is 5.43 Å². The van der Waals surface area contributed by atoms with Gasteiger partial charge in [0.1, 0.15) is 17.3 Å². The third kappa shape index (κ3) is 6.84. The smallest absolute Gasteiger partial charge is 0.280 e. The number of phenolic OH excluding ortho intramolecular Hbond substituents is 1. The van der Waals surface area contributed by atoms with Crippen LogP contribution in [0.2, 0.25) is 0 Å². The zero-order valence-corrected chi connectivity index (χ0v) is 22.5. The maximum atomic E-state index is 12.4. The lowest BCUT2D eigenvalue weighted by Gasteiger charge is -2.28. The third-order valence-electron chi connectivity index (χ3n) is 6.05. The quantitative estimate of drug-likeness (QED) is 0.214. The second-order valence-electron chi connectivity index (χ2n) is 11.3. The van der Waals surface area contributed by atoms with Gasteiger partial charge in [-0.15, -0.1) is 0 Å². The summed E-state index contributed by atoms with van der Waals surface area (Å²) >= 11 is 0. The molecule has 0 aliphatic carbocycles. The molecule has 0 saturated carbocycles. The summed E-state index contributed by atoms with van der Waals surface area (Å²) in [4.78, 5) is 23.4. The molecule has 1 aromatic heterocycles. The number of hydrogen-bond acceptors (Lipinski definition) is 6. The van der Waals surface area contributed by atoms with Crippen LogP contribution in [0.3, 0.4) is 0 Å². The van der Waals surface area contributed by atoms with Gasteiger partial charge in [-0.05, 0) is 64.6 Å². The minimum atomic E-state index is -0.443. The summed E-state index contributed by atoms with van der Waals surface area (Å²) in [5.74, 6) is 0.746. The largest absolute Gasteiger partial charge is 0.507 e. The summed E-state index contributed by atoms with van der Waals surface area (Å²) in [7, 11) is 0. The first-order valence-corrected chi connectivity index (χ1v) is 12.2. The minimum absolute atomic E-state index is 0.0374. The van der Waals surface area contributed by atoms with Crippen LogP contribution in [0, 0.1) is 17.0 Å². The number of hydrogen-bond donors (Lipinski definition) is 2. The van der Waals surface area contributed by atoms with Crippen molar-refractivity contribution in [1.82, 2.24) is 5.43 Å². The van der Waals surface area contributed by atoms with Crippen LogP contribution in [0.25, 0.3) is 11.3 Å². The molecule has 8 nitrogen and oxygen atoms in total. The van der Waals surface area contributed by atoms with Crippen LogP contribution in [0.4, 0.5) is 5.69 Å². The maximum absolute atomic E-state index is 12.4. The van der Waals surface area contributed by atoms with Gasteiger partial charge >= 0.3 is 0 Å². The molecule has 37 heavy (non-hydrogen) atoms. The number of benzene rings is 2. The molecule has 0 unspecified atom stereocenters. The van der Waals surface area contributed by atoms with Crippen molar-refractivity contribution in [1.29, 1.82) is 0 Å². The van der Waals surface area contributed by atoms with Crippen molar-refractivity contribution >= 4 is 17.8 Å². The van der Waals surface area contributed by atoms with Gasteiger partial charge in [0.2, 0.25) is 5.91 Å². The van der Waals surface area contributed by atoms with Crippen LogP contribution in [0.5, 0.6) is 5.75 Å². The van der Waals surface area contributed by atoms with Gasteiger partial charge in [-0.2, -0.15) is 5.10 Å². The van der Waals surface area contributed by atoms with Crippen molar-refractivity contribution in [2.24, 2.45) is 5.10 Å². The molecule has 3 rings (SSSR count). The molecule has 1 amide bonds. The molecule has 8 heteroatoms. The second-order valence-corrected chi connectivity index (χ2v) is 11.3. The van der Waals surface area contributed by atoms with E-state index in [0.29, 0.717) is 29.3 Å². The van der Waals surface area contributed by atoms with E-state index >= 15 is 0 Å². The van der Waals surface area contributed by atoms with Crippen LogP contribution in [-0.2, 0) is 22.0 Å². The van der Waals surface area contributed by atoms with Gasteiger partial charge in [0, 0.05) is 12.5 Å². The highest BCUT2D eigenvalue weighted by molar-refractivity contribution is 5.81. The number of amides is 1. The average Bonchev–Trinajstić information content (AvgIpc) is 3.25. The Morgan fingerprint density at radius 1 is 1.05 bits per heavy atom. The summed E-state index contributed by atoms with van der Waals surface area (Å²) in [6.07, 6.45) is 2.07. The molecule has 196 valence electrons. The number of aromatic hydroxyl groups is 1.